The maximum Gasteiger partial charge on any atom is 0.322 e. The summed E-state index contributed by atoms with van der Waals surface area (Å²) in [6, 6.07) is 26.4. The molecule has 0 spiro atoms. The lowest BCUT2D eigenvalue weighted by atomic mass is 9.97. The normalized spacial score (nSPS) is 16.1. The second kappa shape index (κ2) is 9.72. The zero-order valence-electron chi connectivity index (χ0n) is 19.9. The van der Waals surface area contributed by atoms with Crippen molar-refractivity contribution in [3.05, 3.63) is 112 Å². The van der Waals surface area contributed by atoms with Crippen LogP contribution in [0.1, 0.15) is 30.1 Å². The molecule has 2 aliphatic rings. The molecule has 4 aromatic rings. The number of nitrogens with zero attached hydrogens (tertiary/aromatic N) is 3. The van der Waals surface area contributed by atoms with Crippen LogP contribution in [0.15, 0.2) is 95.6 Å². The fourth-order valence-electron chi connectivity index (χ4n) is 4.96. The molecule has 1 atom stereocenters. The van der Waals surface area contributed by atoms with E-state index in [2.05, 4.69) is 25.8 Å². The average Bonchev–Trinajstić information content (AvgIpc) is 3.62. The minimum Gasteiger partial charge on any atom is -0.316 e. The van der Waals surface area contributed by atoms with Gasteiger partial charge in [-0.3, -0.25) is 9.69 Å². The van der Waals surface area contributed by atoms with Crippen LogP contribution in [0, 0.1) is 0 Å². The van der Waals surface area contributed by atoms with Gasteiger partial charge in [0.05, 0.1) is 17.1 Å². The molecule has 2 heterocycles. The van der Waals surface area contributed by atoms with E-state index >= 15 is 0 Å². The topological polar surface area (TPSA) is 57.6 Å². The highest BCUT2D eigenvalue weighted by molar-refractivity contribution is 9.10. The third-order valence-electron chi connectivity index (χ3n) is 6.80. The van der Waals surface area contributed by atoms with Crippen LogP contribution in [-0.2, 0) is 4.79 Å². The number of carbonyl (C=O) groups excluding carboxylic acids is 2. The van der Waals surface area contributed by atoms with Crippen LogP contribution in [0.4, 0.5) is 16.2 Å². The van der Waals surface area contributed by atoms with Crippen molar-refractivity contribution < 1.29 is 9.59 Å². The fourth-order valence-corrected chi connectivity index (χ4v) is 5.48. The molecule has 3 aromatic carbocycles. The summed E-state index contributed by atoms with van der Waals surface area (Å²) in [5.74, 6) is -0.142. The molecule has 0 radical (unpaired) electrons. The number of amides is 3. The van der Waals surface area contributed by atoms with E-state index in [-0.39, 0.29) is 30.6 Å². The predicted molar refractivity (Wildman–Crippen MR) is 149 cm³/mol. The highest BCUT2D eigenvalue weighted by Gasteiger charge is 2.40. The van der Waals surface area contributed by atoms with E-state index in [1.54, 1.807) is 4.90 Å². The molecule has 6 nitrogen and oxygen atoms in total. The summed E-state index contributed by atoms with van der Waals surface area (Å²) in [5, 5.41) is 3.60. The van der Waals surface area contributed by atoms with E-state index in [0.717, 1.165) is 39.9 Å². The van der Waals surface area contributed by atoms with Gasteiger partial charge in [0.25, 0.3) is 0 Å². The number of nitrogens with one attached hydrogen (secondary N) is 1. The molecule has 37 heavy (non-hydrogen) atoms. The van der Waals surface area contributed by atoms with Gasteiger partial charge in [-0.1, -0.05) is 57.9 Å². The quantitative estimate of drug-likeness (QED) is 0.278. The number of fused-ring (bicyclic) bond motifs is 3. The Balaban J connectivity index is 1.36. The molecule has 1 aliphatic carbocycles. The molecule has 0 bridgehead atoms. The molecular formula is C29H24BrClN4O2. The minimum absolute atomic E-state index is 0.0242. The Bertz CT molecular complexity index is 1480. The number of carbonyl (C=O) groups is 2. The molecule has 8 heteroatoms. The van der Waals surface area contributed by atoms with Gasteiger partial charge < -0.3 is 14.8 Å². The van der Waals surface area contributed by atoms with Gasteiger partial charge in [-0.15, -0.1) is 0 Å². The van der Waals surface area contributed by atoms with E-state index in [1.165, 1.54) is 0 Å². The third kappa shape index (κ3) is 4.65. The maximum absolute atomic E-state index is 14.2. The van der Waals surface area contributed by atoms with Crippen molar-refractivity contribution in [1.82, 2.24) is 9.47 Å². The number of rotatable bonds is 5. The van der Waals surface area contributed by atoms with Gasteiger partial charge in [0.2, 0.25) is 5.91 Å². The lowest BCUT2D eigenvalue weighted by Gasteiger charge is -2.39. The first-order chi connectivity index (χ1) is 18.0. The molecule has 1 unspecified atom stereocenters. The standard InChI is InChI=1S/C29H24BrClN4O2/c30-20-5-3-6-22(17-20)32-29(37)34(23-14-15-23)18-27(36)35-25-8-2-1-7-24(25)33-16-4-9-26(33)28(35)19-10-12-21(31)13-11-19/h1-13,16-17,23,28H,14-15,18H2,(H,32,37). The van der Waals surface area contributed by atoms with Gasteiger partial charge in [0, 0.05) is 27.4 Å². The molecule has 1 N–H and O–H groups in total. The monoisotopic (exact) mass is 574 g/mol. The van der Waals surface area contributed by atoms with Crippen molar-refractivity contribution in [2.24, 2.45) is 0 Å². The average molecular weight is 576 g/mol. The first-order valence-electron chi connectivity index (χ1n) is 12.2. The number of hydrogen-bond donors (Lipinski definition) is 1. The van der Waals surface area contributed by atoms with Gasteiger partial charge in [-0.25, -0.2) is 4.79 Å². The smallest absolute Gasteiger partial charge is 0.316 e. The van der Waals surface area contributed by atoms with Crippen LogP contribution in [0.5, 0.6) is 0 Å². The first kappa shape index (κ1) is 23.8. The number of aromatic nitrogens is 1. The summed E-state index contributed by atoms with van der Waals surface area (Å²) in [6.07, 6.45) is 3.79. The van der Waals surface area contributed by atoms with E-state index in [1.807, 2.05) is 96.0 Å². The number of benzene rings is 3. The van der Waals surface area contributed by atoms with Crippen LogP contribution in [0.2, 0.25) is 5.02 Å². The SMILES string of the molecule is O=C(Nc1cccc(Br)c1)N(CC(=O)N1c2ccccc2-n2cccc2C1c1ccc(Cl)cc1)C1CC1. The first-order valence-corrected chi connectivity index (χ1v) is 13.3. The van der Waals surface area contributed by atoms with Crippen molar-refractivity contribution in [3.63, 3.8) is 0 Å². The lowest BCUT2D eigenvalue weighted by molar-refractivity contribution is -0.119. The molecule has 1 fully saturated rings. The Labute approximate surface area is 228 Å². The molecule has 1 aliphatic heterocycles. The molecule has 6 rings (SSSR count). The highest BCUT2D eigenvalue weighted by atomic mass is 79.9. The number of anilines is 2. The van der Waals surface area contributed by atoms with Gasteiger partial charge >= 0.3 is 6.03 Å². The summed E-state index contributed by atoms with van der Waals surface area (Å²) < 4.78 is 3.00. The summed E-state index contributed by atoms with van der Waals surface area (Å²) in [5.41, 5.74) is 4.34. The minimum atomic E-state index is -0.358. The number of hydrogen-bond acceptors (Lipinski definition) is 2. The van der Waals surface area contributed by atoms with E-state index in [4.69, 9.17) is 11.6 Å². The Kier molecular flexibility index (Phi) is 6.26. The molecule has 1 saturated carbocycles. The Morgan fingerprint density at radius 3 is 2.43 bits per heavy atom. The maximum atomic E-state index is 14.2. The number of para-hydroxylation sites is 2. The molecule has 3 amide bonds. The van der Waals surface area contributed by atoms with Crippen LogP contribution >= 0.6 is 27.5 Å². The van der Waals surface area contributed by atoms with Crippen molar-refractivity contribution in [1.29, 1.82) is 0 Å². The van der Waals surface area contributed by atoms with Gasteiger partial charge in [-0.2, -0.15) is 0 Å². The second-order valence-electron chi connectivity index (χ2n) is 9.31. The summed E-state index contributed by atoms with van der Waals surface area (Å²) in [6.45, 7) is -0.0242. The van der Waals surface area contributed by atoms with Crippen LogP contribution in [0.3, 0.4) is 0 Å². The van der Waals surface area contributed by atoms with E-state index in [9.17, 15) is 9.59 Å². The number of urea groups is 1. The van der Waals surface area contributed by atoms with Crippen molar-refractivity contribution in [3.8, 4) is 5.69 Å². The highest BCUT2D eigenvalue weighted by Crippen LogP contribution is 2.42. The van der Waals surface area contributed by atoms with Crippen molar-refractivity contribution in [2.75, 3.05) is 16.8 Å². The molecular weight excluding hydrogens is 552 g/mol. The third-order valence-corrected chi connectivity index (χ3v) is 7.55. The lowest BCUT2D eigenvalue weighted by Crippen LogP contribution is -2.48. The van der Waals surface area contributed by atoms with Gasteiger partial charge in [0.15, 0.2) is 0 Å². The van der Waals surface area contributed by atoms with Crippen molar-refractivity contribution >= 4 is 50.8 Å². The summed E-state index contributed by atoms with van der Waals surface area (Å²) in [7, 11) is 0. The zero-order chi connectivity index (χ0) is 25.5. The molecule has 186 valence electrons. The zero-order valence-corrected chi connectivity index (χ0v) is 22.2. The Hall–Kier alpha value is -3.55. The summed E-state index contributed by atoms with van der Waals surface area (Å²) in [4.78, 5) is 31.0. The molecule has 0 saturated heterocycles. The predicted octanol–water partition coefficient (Wildman–Crippen LogP) is 7.03. The van der Waals surface area contributed by atoms with Crippen LogP contribution in [-0.4, -0.2) is 34.0 Å². The van der Waals surface area contributed by atoms with Gasteiger partial charge in [-0.05, 0) is 73.0 Å². The van der Waals surface area contributed by atoms with Crippen LogP contribution in [0.25, 0.3) is 5.69 Å². The molecule has 1 aromatic heterocycles. The van der Waals surface area contributed by atoms with Crippen LogP contribution < -0.4 is 10.2 Å². The Morgan fingerprint density at radius 2 is 1.70 bits per heavy atom. The fraction of sp³-hybridized carbons (Fsp3) is 0.172. The Morgan fingerprint density at radius 1 is 0.946 bits per heavy atom. The largest absolute Gasteiger partial charge is 0.322 e. The summed E-state index contributed by atoms with van der Waals surface area (Å²) >= 11 is 9.64. The number of halogens is 2. The van der Waals surface area contributed by atoms with E-state index in [0.29, 0.717) is 10.7 Å². The second-order valence-corrected chi connectivity index (χ2v) is 10.7. The van der Waals surface area contributed by atoms with E-state index < -0.39 is 0 Å². The van der Waals surface area contributed by atoms with Gasteiger partial charge in [0.1, 0.15) is 12.6 Å². The van der Waals surface area contributed by atoms with Crippen molar-refractivity contribution in [2.45, 2.75) is 24.9 Å².